The van der Waals surface area contributed by atoms with Crippen LogP contribution in [-0.2, 0) is 0 Å². The van der Waals surface area contributed by atoms with Crippen molar-refractivity contribution in [1.82, 2.24) is 4.98 Å². The van der Waals surface area contributed by atoms with Gasteiger partial charge in [0, 0.05) is 12.6 Å². The van der Waals surface area contributed by atoms with E-state index in [1.54, 1.807) is 46.7 Å². The van der Waals surface area contributed by atoms with E-state index in [0.29, 0.717) is 29.0 Å². The number of methoxy groups -OCH3 is 3. The summed E-state index contributed by atoms with van der Waals surface area (Å²) in [6.07, 6.45) is 1.63. The highest BCUT2D eigenvalue weighted by Gasteiger charge is 2.16. The summed E-state index contributed by atoms with van der Waals surface area (Å²) in [6.45, 7) is 0. The normalized spacial score (nSPS) is 10.1. The Morgan fingerprint density at radius 3 is 2.11 bits per heavy atom. The topological polar surface area (TPSA) is 65.8 Å². The van der Waals surface area contributed by atoms with Crippen LogP contribution < -0.4 is 19.5 Å². The second-order valence-electron chi connectivity index (χ2n) is 3.69. The van der Waals surface area contributed by atoms with E-state index in [4.69, 9.17) is 18.6 Å². The number of aromatic nitrogens is 1. The Labute approximate surface area is 111 Å². The summed E-state index contributed by atoms with van der Waals surface area (Å²) in [6, 6.07) is 4.06. The molecule has 0 aliphatic carbocycles. The van der Waals surface area contributed by atoms with E-state index >= 15 is 0 Å². The van der Waals surface area contributed by atoms with Crippen molar-refractivity contribution < 1.29 is 18.6 Å². The largest absolute Gasteiger partial charge is 0.493 e. The highest BCUT2D eigenvalue weighted by atomic mass is 16.5. The maximum absolute atomic E-state index is 5.52. The van der Waals surface area contributed by atoms with E-state index in [1.165, 1.54) is 0 Å². The molecule has 102 valence electrons. The number of ether oxygens (including phenoxy) is 3. The molecule has 0 atom stereocenters. The minimum absolute atomic E-state index is 0.448. The molecular weight excluding hydrogens is 248 g/mol. The second kappa shape index (κ2) is 5.51. The minimum Gasteiger partial charge on any atom is -0.493 e. The number of nitrogens with one attached hydrogen (secondary N) is 1. The lowest BCUT2D eigenvalue weighted by atomic mass is 10.1. The Balaban J connectivity index is 2.51. The summed E-state index contributed by atoms with van der Waals surface area (Å²) in [4.78, 5) is 4.07. The molecule has 1 heterocycles. The lowest BCUT2D eigenvalue weighted by molar-refractivity contribution is 0.324. The van der Waals surface area contributed by atoms with Crippen molar-refractivity contribution in [2.75, 3.05) is 33.7 Å². The SMILES string of the molecule is CNc1ncc(-c2cc(OC)c(OC)c(OC)c2)o1. The number of oxazole rings is 1. The molecule has 0 aliphatic heterocycles. The van der Waals surface area contributed by atoms with Crippen molar-refractivity contribution in [2.45, 2.75) is 0 Å². The van der Waals surface area contributed by atoms with Crippen LogP contribution in [0.2, 0.25) is 0 Å². The van der Waals surface area contributed by atoms with Crippen LogP contribution in [0, 0.1) is 0 Å². The average Bonchev–Trinajstić information content (AvgIpc) is 2.94. The van der Waals surface area contributed by atoms with Crippen molar-refractivity contribution >= 4 is 6.01 Å². The molecule has 19 heavy (non-hydrogen) atoms. The van der Waals surface area contributed by atoms with E-state index in [2.05, 4.69) is 10.3 Å². The Morgan fingerprint density at radius 2 is 1.68 bits per heavy atom. The molecule has 0 bridgehead atoms. The molecule has 6 heteroatoms. The van der Waals surface area contributed by atoms with Crippen molar-refractivity contribution in [2.24, 2.45) is 0 Å². The summed E-state index contributed by atoms with van der Waals surface area (Å²) in [5.41, 5.74) is 0.795. The molecule has 1 N–H and O–H groups in total. The third kappa shape index (κ3) is 2.42. The van der Waals surface area contributed by atoms with Crippen LogP contribution in [0.1, 0.15) is 0 Å². The molecule has 1 aromatic carbocycles. The first kappa shape index (κ1) is 13.1. The van der Waals surface area contributed by atoms with Crippen LogP contribution in [-0.4, -0.2) is 33.4 Å². The Kier molecular flexibility index (Phi) is 3.79. The van der Waals surface area contributed by atoms with Crippen molar-refractivity contribution in [3.8, 4) is 28.6 Å². The maximum Gasteiger partial charge on any atom is 0.294 e. The summed E-state index contributed by atoms with van der Waals surface area (Å²) in [5.74, 6) is 2.30. The minimum atomic E-state index is 0.448. The first-order chi connectivity index (χ1) is 9.23. The number of nitrogens with zero attached hydrogens (tertiary/aromatic N) is 1. The first-order valence-corrected chi connectivity index (χ1v) is 5.67. The van der Waals surface area contributed by atoms with Crippen molar-refractivity contribution in [1.29, 1.82) is 0 Å². The summed E-state index contributed by atoms with van der Waals surface area (Å²) >= 11 is 0. The van der Waals surface area contributed by atoms with Gasteiger partial charge in [-0.15, -0.1) is 0 Å². The molecule has 6 nitrogen and oxygen atoms in total. The van der Waals surface area contributed by atoms with E-state index in [9.17, 15) is 0 Å². The molecule has 0 unspecified atom stereocenters. The van der Waals surface area contributed by atoms with Crippen molar-refractivity contribution in [3.63, 3.8) is 0 Å². The summed E-state index contributed by atoms with van der Waals surface area (Å²) < 4.78 is 21.4. The fourth-order valence-corrected chi connectivity index (χ4v) is 1.75. The van der Waals surface area contributed by atoms with Gasteiger partial charge in [-0.1, -0.05) is 0 Å². The highest BCUT2D eigenvalue weighted by molar-refractivity contribution is 5.67. The quantitative estimate of drug-likeness (QED) is 0.894. The van der Waals surface area contributed by atoms with Gasteiger partial charge in [0.1, 0.15) is 0 Å². The lowest BCUT2D eigenvalue weighted by Crippen LogP contribution is -1.95. The number of benzene rings is 1. The van der Waals surface area contributed by atoms with Crippen molar-refractivity contribution in [3.05, 3.63) is 18.3 Å². The molecule has 0 spiro atoms. The van der Waals surface area contributed by atoms with E-state index in [0.717, 1.165) is 5.56 Å². The molecule has 2 rings (SSSR count). The van der Waals surface area contributed by atoms with Crippen LogP contribution in [0.4, 0.5) is 6.01 Å². The number of rotatable bonds is 5. The third-order valence-corrected chi connectivity index (χ3v) is 2.67. The lowest BCUT2D eigenvalue weighted by Gasteiger charge is -2.13. The molecule has 0 aliphatic rings. The van der Waals surface area contributed by atoms with E-state index in [1.807, 2.05) is 0 Å². The number of hydrogen-bond acceptors (Lipinski definition) is 6. The Hall–Kier alpha value is -2.37. The van der Waals surface area contributed by atoms with Crippen LogP contribution in [0.25, 0.3) is 11.3 Å². The molecule has 0 fully saturated rings. The van der Waals surface area contributed by atoms with Gasteiger partial charge in [0.05, 0.1) is 27.5 Å². The molecule has 0 saturated heterocycles. The highest BCUT2D eigenvalue weighted by Crippen LogP contribution is 2.41. The number of hydrogen-bond donors (Lipinski definition) is 1. The molecule has 2 aromatic rings. The van der Waals surface area contributed by atoms with E-state index < -0.39 is 0 Å². The first-order valence-electron chi connectivity index (χ1n) is 5.67. The van der Waals surface area contributed by atoms with Crippen LogP contribution in [0.15, 0.2) is 22.7 Å². The van der Waals surface area contributed by atoms with Gasteiger partial charge in [0.25, 0.3) is 6.01 Å². The summed E-state index contributed by atoms with van der Waals surface area (Å²) in [5, 5.41) is 2.83. The standard InChI is InChI=1S/C13H16N2O4/c1-14-13-15-7-11(19-13)8-5-9(16-2)12(18-4)10(6-8)17-3/h5-7H,1-4H3,(H,14,15). The molecule has 0 amide bonds. The summed E-state index contributed by atoms with van der Waals surface area (Å²) in [7, 11) is 6.44. The number of anilines is 1. The second-order valence-corrected chi connectivity index (χ2v) is 3.69. The van der Waals surface area contributed by atoms with E-state index in [-0.39, 0.29) is 0 Å². The van der Waals surface area contributed by atoms with Gasteiger partial charge in [-0.05, 0) is 12.1 Å². The average molecular weight is 264 g/mol. The van der Waals surface area contributed by atoms with Crippen LogP contribution in [0.3, 0.4) is 0 Å². The van der Waals surface area contributed by atoms with Crippen LogP contribution in [0.5, 0.6) is 17.2 Å². The monoisotopic (exact) mass is 264 g/mol. The third-order valence-electron chi connectivity index (χ3n) is 2.67. The van der Waals surface area contributed by atoms with Gasteiger partial charge in [-0.3, -0.25) is 0 Å². The molecule has 1 aromatic heterocycles. The molecule has 0 saturated carbocycles. The molecular formula is C13H16N2O4. The smallest absolute Gasteiger partial charge is 0.294 e. The Bertz CT molecular complexity index is 541. The van der Waals surface area contributed by atoms with Gasteiger partial charge in [-0.25, -0.2) is 4.98 Å². The molecule has 0 radical (unpaired) electrons. The van der Waals surface area contributed by atoms with Gasteiger partial charge in [-0.2, -0.15) is 0 Å². The maximum atomic E-state index is 5.52. The Morgan fingerprint density at radius 1 is 1.05 bits per heavy atom. The van der Waals surface area contributed by atoms with Gasteiger partial charge in [0.15, 0.2) is 17.3 Å². The predicted octanol–water partition coefficient (Wildman–Crippen LogP) is 2.41. The zero-order valence-corrected chi connectivity index (χ0v) is 11.3. The fourth-order valence-electron chi connectivity index (χ4n) is 1.75. The van der Waals surface area contributed by atoms with Crippen LogP contribution >= 0.6 is 0 Å². The zero-order valence-electron chi connectivity index (χ0n) is 11.3. The zero-order chi connectivity index (χ0) is 13.8. The predicted molar refractivity (Wildman–Crippen MR) is 71.1 cm³/mol. The van der Waals surface area contributed by atoms with Gasteiger partial charge < -0.3 is 23.9 Å². The van der Waals surface area contributed by atoms with Gasteiger partial charge >= 0.3 is 0 Å². The van der Waals surface area contributed by atoms with Gasteiger partial charge in [0.2, 0.25) is 5.75 Å². The fraction of sp³-hybridized carbons (Fsp3) is 0.308.